The van der Waals surface area contributed by atoms with Crippen molar-refractivity contribution in [1.82, 2.24) is 5.32 Å². The standard InChI is InChI=1S/C10H12ClN3O3.ClH/c1-6(5-12)13-10(15)8-3-2-7(11)4-9(8)14(16)17;/h2-4,6H,5,12H2,1H3,(H,13,15);1H/t6-;/m0./s1. The molecule has 1 atom stereocenters. The number of amides is 1. The molecule has 100 valence electrons. The van der Waals surface area contributed by atoms with Crippen LogP contribution in [0, 0.1) is 10.1 Å². The molecule has 1 aromatic rings. The van der Waals surface area contributed by atoms with E-state index in [9.17, 15) is 14.9 Å². The highest BCUT2D eigenvalue weighted by Gasteiger charge is 2.21. The molecule has 1 amide bonds. The van der Waals surface area contributed by atoms with Crippen LogP contribution in [0.2, 0.25) is 5.02 Å². The molecule has 0 unspecified atom stereocenters. The van der Waals surface area contributed by atoms with Gasteiger partial charge in [-0.25, -0.2) is 0 Å². The topological polar surface area (TPSA) is 98.3 Å². The molecule has 0 heterocycles. The Kier molecular flexibility index (Phi) is 6.61. The van der Waals surface area contributed by atoms with Gasteiger partial charge in [0.05, 0.1) is 4.92 Å². The Labute approximate surface area is 115 Å². The number of carbonyl (C=O) groups excluding carboxylic acids is 1. The van der Waals surface area contributed by atoms with Crippen LogP contribution in [0.1, 0.15) is 17.3 Å². The fourth-order valence-electron chi connectivity index (χ4n) is 1.21. The van der Waals surface area contributed by atoms with E-state index in [-0.39, 0.29) is 41.3 Å². The molecule has 8 heteroatoms. The van der Waals surface area contributed by atoms with Crippen molar-refractivity contribution in [2.45, 2.75) is 13.0 Å². The van der Waals surface area contributed by atoms with Gasteiger partial charge in [0.25, 0.3) is 11.6 Å². The Morgan fingerprint density at radius 1 is 1.61 bits per heavy atom. The van der Waals surface area contributed by atoms with E-state index >= 15 is 0 Å². The Balaban J connectivity index is 0.00000289. The molecule has 0 aliphatic heterocycles. The lowest BCUT2D eigenvalue weighted by atomic mass is 10.1. The number of hydrogen-bond acceptors (Lipinski definition) is 4. The van der Waals surface area contributed by atoms with E-state index < -0.39 is 10.8 Å². The average molecular weight is 294 g/mol. The summed E-state index contributed by atoms with van der Waals surface area (Å²) in [5.41, 5.74) is 5.00. The second kappa shape index (κ2) is 7.15. The monoisotopic (exact) mass is 293 g/mol. The molecule has 0 spiro atoms. The molecule has 18 heavy (non-hydrogen) atoms. The SMILES string of the molecule is C[C@@H](CN)NC(=O)c1ccc(Cl)cc1[N+](=O)[O-].Cl. The van der Waals surface area contributed by atoms with Crippen LogP contribution in [0.3, 0.4) is 0 Å². The third-order valence-corrected chi connectivity index (χ3v) is 2.37. The van der Waals surface area contributed by atoms with Crippen LogP contribution >= 0.6 is 24.0 Å². The quantitative estimate of drug-likeness (QED) is 0.652. The maximum Gasteiger partial charge on any atom is 0.283 e. The molecule has 3 N–H and O–H groups in total. The predicted molar refractivity (Wildman–Crippen MR) is 71.3 cm³/mol. The smallest absolute Gasteiger partial charge is 0.283 e. The molecule has 0 saturated carbocycles. The summed E-state index contributed by atoms with van der Waals surface area (Å²) in [5, 5.41) is 13.5. The molecule has 0 aliphatic rings. The number of nitrogens with zero attached hydrogens (tertiary/aromatic N) is 1. The van der Waals surface area contributed by atoms with Crippen molar-refractivity contribution in [2.75, 3.05) is 6.54 Å². The summed E-state index contributed by atoms with van der Waals surface area (Å²) in [4.78, 5) is 21.9. The van der Waals surface area contributed by atoms with Crippen molar-refractivity contribution in [3.63, 3.8) is 0 Å². The van der Waals surface area contributed by atoms with Crippen LogP contribution in [-0.2, 0) is 0 Å². The molecular formula is C10H13Cl2N3O3. The van der Waals surface area contributed by atoms with Gasteiger partial charge in [0, 0.05) is 23.7 Å². The number of rotatable bonds is 4. The van der Waals surface area contributed by atoms with Crippen molar-refractivity contribution in [2.24, 2.45) is 5.73 Å². The van der Waals surface area contributed by atoms with Gasteiger partial charge in [0.2, 0.25) is 0 Å². The largest absolute Gasteiger partial charge is 0.348 e. The summed E-state index contributed by atoms with van der Waals surface area (Å²) in [6.45, 7) is 1.97. The Hall–Kier alpha value is -1.37. The summed E-state index contributed by atoms with van der Waals surface area (Å²) in [6.07, 6.45) is 0. The van der Waals surface area contributed by atoms with Gasteiger partial charge in [0.1, 0.15) is 5.56 Å². The first kappa shape index (κ1) is 16.6. The number of nitrogens with two attached hydrogens (primary N) is 1. The lowest BCUT2D eigenvalue weighted by molar-refractivity contribution is -0.385. The fraction of sp³-hybridized carbons (Fsp3) is 0.300. The molecule has 0 aliphatic carbocycles. The number of carbonyl (C=O) groups is 1. The van der Waals surface area contributed by atoms with Gasteiger partial charge in [-0.15, -0.1) is 12.4 Å². The zero-order valence-electron chi connectivity index (χ0n) is 9.55. The van der Waals surface area contributed by atoms with E-state index in [4.69, 9.17) is 17.3 Å². The molecule has 0 saturated heterocycles. The summed E-state index contributed by atoms with van der Waals surface area (Å²) < 4.78 is 0. The molecule has 1 rings (SSSR count). The van der Waals surface area contributed by atoms with Gasteiger partial charge in [-0.05, 0) is 19.1 Å². The van der Waals surface area contributed by atoms with Gasteiger partial charge < -0.3 is 11.1 Å². The third-order valence-electron chi connectivity index (χ3n) is 2.13. The highest BCUT2D eigenvalue weighted by atomic mass is 35.5. The van der Waals surface area contributed by atoms with Crippen molar-refractivity contribution in [1.29, 1.82) is 0 Å². The maximum absolute atomic E-state index is 11.7. The normalized spacial score (nSPS) is 11.3. The van der Waals surface area contributed by atoms with E-state index in [1.165, 1.54) is 12.1 Å². The Morgan fingerprint density at radius 2 is 2.22 bits per heavy atom. The van der Waals surface area contributed by atoms with E-state index in [1.807, 2.05) is 0 Å². The summed E-state index contributed by atoms with van der Waals surface area (Å²) in [5.74, 6) is -0.536. The lowest BCUT2D eigenvalue weighted by Gasteiger charge is -2.11. The first-order valence-electron chi connectivity index (χ1n) is 4.90. The van der Waals surface area contributed by atoms with Crippen LogP contribution in [-0.4, -0.2) is 23.4 Å². The van der Waals surface area contributed by atoms with Crippen molar-refractivity contribution >= 4 is 35.6 Å². The summed E-state index contributed by atoms with van der Waals surface area (Å²) in [7, 11) is 0. The van der Waals surface area contributed by atoms with Crippen LogP contribution in [0.4, 0.5) is 5.69 Å². The molecule has 6 nitrogen and oxygen atoms in total. The molecule has 0 radical (unpaired) electrons. The molecule has 0 aromatic heterocycles. The minimum Gasteiger partial charge on any atom is -0.348 e. The van der Waals surface area contributed by atoms with Crippen LogP contribution < -0.4 is 11.1 Å². The number of nitro groups is 1. The molecular weight excluding hydrogens is 281 g/mol. The van der Waals surface area contributed by atoms with Gasteiger partial charge in [0.15, 0.2) is 0 Å². The number of hydrogen-bond donors (Lipinski definition) is 2. The fourth-order valence-corrected chi connectivity index (χ4v) is 1.37. The maximum atomic E-state index is 11.7. The molecule has 0 fully saturated rings. The van der Waals surface area contributed by atoms with Crippen molar-refractivity contribution in [3.05, 3.63) is 38.9 Å². The van der Waals surface area contributed by atoms with Crippen LogP contribution in [0.25, 0.3) is 0 Å². The van der Waals surface area contributed by atoms with Gasteiger partial charge in [-0.2, -0.15) is 0 Å². The first-order valence-corrected chi connectivity index (χ1v) is 5.28. The minimum atomic E-state index is -0.645. The van der Waals surface area contributed by atoms with Gasteiger partial charge >= 0.3 is 0 Å². The lowest BCUT2D eigenvalue weighted by Crippen LogP contribution is -2.38. The Morgan fingerprint density at radius 3 is 2.72 bits per heavy atom. The average Bonchev–Trinajstić information content (AvgIpc) is 2.28. The number of nitro benzene ring substituents is 1. The second-order valence-electron chi connectivity index (χ2n) is 3.53. The van der Waals surface area contributed by atoms with E-state index in [1.54, 1.807) is 6.92 Å². The van der Waals surface area contributed by atoms with Gasteiger partial charge in [-0.3, -0.25) is 14.9 Å². The second-order valence-corrected chi connectivity index (χ2v) is 3.97. The van der Waals surface area contributed by atoms with Gasteiger partial charge in [-0.1, -0.05) is 11.6 Å². The highest BCUT2D eigenvalue weighted by Crippen LogP contribution is 2.23. The minimum absolute atomic E-state index is 0. The van der Waals surface area contributed by atoms with E-state index in [2.05, 4.69) is 5.32 Å². The zero-order chi connectivity index (χ0) is 13.0. The zero-order valence-corrected chi connectivity index (χ0v) is 11.1. The Bertz CT molecular complexity index is 454. The molecule has 0 bridgehead atoms. The summed E-state index contributed by atoms with van der Waals surface area (Å²) >= 11 is 5.64. The van der Waals surface area contributed by atoms with Crippen LogP contribution in [0.15, 0.2) is 18.2 Å². The summed E-state index contributed by atoms with van der Waals surface area (Å²) in [6, 6.07) is 3.64. The van der Waals surface area contributed by atoms with E-state index in [0.29, 0.717) is 0 Å². The number of benzene rings is 1. The molecule has 1 aromatic carbocycles. The van der Waals surface area contributed by atoms with Crippen LogP contribution in [0.5, 0.6) is 0 Å². The van der Waals surface area contributed by atoms with Crippen molar-refractivity contribution in [3.8, 4) is 0 Å². The highest BCUT2D eigenvalue weighted by molar-refractivity contribution is 6.31. The first-order chi connectivity index (χ1) is 7.95. The third kappa shape index (κ3) is 4.14. The van der Waals surface area contributed by atoms with E-state index in [0.717, 1.165) is 6.07 Å². The number of nitrogens with one attached hydrogen (secondary N) is 1. The predicted octanol–water partition coefficient (Wildman–Crippen LogP) is 1.75. The number of halogens is 2. The van der Waals surface area contributed by atoms with Crippen molar-refractivity contribution < 1.29 is 9.72 Å².